The number of nitro groups is 1. The van der Waals surface area contributed by atoms with Gasteiger partial charge in [0.2, 0.25) is 0 Å². The summed E-state index contributed by atoms with van der Waals surface area (Å²) in [5.41, 5.74) is 5.59. The second-order valence-electron chi connectivity index (χ2n) is 14.7. The maximum Gasteiger partial charge on any atom is 0.293 e. The van der Waals surface area contributed by atoms with Gasteiger partial charge in [-0.1, -0.05) is 66.2 Å². The lowest BCUT2D eigenvalue weighted by molar-refractivity contribution is -0.384. The zero-order chi connectivity index (χ0) is 40.1. The summed E-state index contributed by atoms with van der Waals surface area (Å²) in [4.78, 5) is 32.7. The highest BCUT2D eigenvalue weighted by Crippen LogP contribution is 2.36. The summed E-state index contributed by atoms with van der Waals surface area (Å²) in [7, 11) is -0.515. The van der Waals surface area contributed by atoms with Crippen LogP contribution in [-0.4, -0.2) is 87.2 Å². The summed E-state index contributed by atoms with van der Waals surface area (Å²) in [6, 6.07) is 35.3. The molecule has 0 aromatic heterocycles. The largest absolute Gasteiger partial charge is 0.376 e. The number of thioether (sulfide) groups is 1. The number of nitro benzene ring substituents is 1. The third kappa shape index (κ3) is 9.79. The minimum atomic E-state index is -4.44. The average Bonchev–Trinajstić information content (AvgIpc) is 3.56. The Bertz CT molecular complexity index is 2350. The van der Waals surface area contributed by atoms with Crippen molar-refractivity contribution in [3.05, 3.63) is 147 Å². The Morgan fingerprint density at radius 1 is 0.965 bits per heavy atom. The number of hydrogen-bond acceptors (Lipinski definition) is 10. The molecule has 0 bridgehead atoms. The normalized spacial score (nSPS) is 15.9. The number of benzene rings is 5. The number of sulfonamides is 1. The minimum absolute atomic E-state index is 0.140. The van der Waals surface area contributed by atoms with E-state index in [1.54, 1.807) is 23.9 Å². The van der Waals surface area contributed by atoms with Crippen LogP contribution in [0.1, 0.15) is 27.9 Å². The number of hydrogen-bond donors (Lipinski definition) is 2. The van der Waals surface area contributed by atoms with Crippen molar-refractivity contribution in [3.8, 4) is 11.1 Å². The van der Waals surface area contributed by atoms with Crippen molar-refractivity contribution in [3.63, 3.8) is 0 Å². The molecule has 0 spiro atoms. The molecule has 2 N–H and O–H groups in total. The molecule has 0 radical (unpaired) electrons. The monoisotopic (exact) mass is 824 g/mol. The standard InChI is InChI=1S/C43H45ClN6O5S2/c1-47(2)21-20-35(29-56-37-9-4-3-5-10-37)45-40-18-17-38(26-42(40)50(52)53)57(54,55)46-43(51)31-14-19-41-33(24-31)25-36-28-48(22-23-49(36)41)27-32-8-6-7-11-39(32)30-12-15-34(44)16-13-30/h3-19,24,26,35-36,45H,20-23,25,27-29H2,1-2H3,(H,46,51)/t35-,36+/m1/s1. The number of carbonyl (C=O) groups excluding carboxylic acids is 1. The number of nitrogens with zero attached hydrogens (tertiary/aromatic N) is 4. The molecule has 0 saturated carbocycles. The van der Waals surface area contributed by atoms with Crippen molar-refractivity contribution in [2.75, 3.05) is 56.2 Å². The molecule has 1 saturated heterocycles. The van der Waals surface area contributed by atoms with E-state index in [0.29, 0.717) is 17.2 Å². The van der Waals surface area contributed by atoms with Crippen molar-refractivity contribution < 1.29 is 18.1 Å². The Morgan fingerprint density at radius 2 is 1.72 bits per heavy atom. The molecule has 1 fully saturated rings. The molecular formula is C43H45ClN6O5S2. The van der Waals surface area contributed by atoms with Gasteiger partial charge in [0, 0.05) is 71.3 Å². The van der Waals surface area contributed by atoms with Gasteiger partial charge in [-0.25, -0.2) is 13.1 Å². The van der Waals surface area contributed by atoms with E-state index in [2.05, 4.69) is 38.0 Å². The molecule has 1 amide bonds. The number of nitrogens with one attached hydrogen (secondary N) is 2. The number of fused-ring (bicyclic) bond motifs is 3. The zero-order valence-electron chi connectivity index (χ0n) is 31.8. The van der Waals surface area contributed by atoms with Crippen LogP contribution < -0.4 is 14.9 Å². The fraction of sp³-hybridized carbons (Fsp3) is 0.279. The lowest BCUT2D eigenvalue weighted by Gasteiger charge is -2.39. The SMILES string of the molecule is CN(C)CC[C@H](CSc1ccccc1)Nc1ccc(S(=O)(=O)NC(=O)c2ccc3c(c2)C[C@H]2CN(Cc4ccccc4-c4ccc(Cl)cc4)CCN32)cc1[N+](=O)[O-]. The predicted molar refractivity (Wildman–Crippen MR) is 229 cm³/mol. The summed E-state index contributed by atoms with van der Waals surface area (Å²) in [6.07, 6.45) is 1.43. The smallest absolute Gasteiger partial charge is 0.293 e. The van der Waals surface area contributed by atoms with E-state index in [1.165, 1.54) is 23.3 Å². The maximum atomic E-state index is 13.5. The molecule has 2 heterocycles. The summed E-state index contributed by atoms with van der Waals surface area (Å²) in [5, 5.41) is 16.2. The first-order valence-corrected chi connectivity index (χ1v) is 21.7. The quantitative estimate of drug-likeness (QED) is 0.0613. The first-order chi connectivity index (χ1) is 27.4. The number of halogens is 1. The van der Waals surface area contributed by atoms with Gasteiger partial charge in [0.25, 0.3) is 21.6 Å². The highest BCUT2D eigenvalue weighted by atomic mass is 35.5. The first kappa shape index (κ1) is 40.3. The van der Waals surface area contributed by atoms with Crippen LogP contribution in [0.4, 0.5) is 17.1 Å². The number of amides is 1. The van der Waals surface area contributed by atoms with Crippen LogP contribution in [0.15, 0.2) is 125 Å². The Labute approximate surface area is 343 Å². The van der Waals surface area contributed by atoms with E-state index < -0.39 is 20.9 Å². The Kier molecular flexibility index (Phi) is 12.5. The van der Waals surface area contributed by atoms with Gasteiger partial charge in [-0.15, -0.1) is 11.8 Å². The van der Waals surface area contributed by atoms with Gasteiger partial charge in [-0.2, -0.15) is 0 Å². The third-order valence-corrected chi connectivity index (χ3v) is 13.2. The molecule has 57 heavy (non-hydrogen) atoms. The lowest BCUT2D eigenvalue weighted by Crippen LogP contribution is -2.51. The molecule has 5 aromatic carbocycles. The molecule has 2 aliphatic rings. The summed E-state index contributed by atoms with van der Waals surface area (Å²) >= 11 is 7.78. The topological polar surface area (TPSA) is 128 Å². The second kappa shape index (κ2) is 17.7. The molecule has 2 aliphatic heterocycles. The minimum Gasteiger partial charge on any atom is -0.376 e. The summed E-state index contributed by atoms with van der Waals surface area (Å²) in [6.45, 7) is 4.08. The van der Waals surface area contributed by atoms with Gasteiger partial charge in [0.15, 0.2) is 0 Å². The van der Waals surface area contributed by atoms with Crippen molar-refractivity contribution >= 4 is 56.4 Å². The van der Waals surface area contributed by atoms with Gasteiger partial charge in [0.05, 0.1) is 9.82 Å². The van der Waals surface area contributed by atoms with E-state index >= 15 is 0 Å². The van der Waals surface area contributed by atoms with Crippen LogP contribution in [0.3, 0.4) is 0 Å². The average molecular weight is 825 g/mol. The molecule has 14 heteroatoms. The Hall–Kier alpha value is -4.92. The molecule has 0 unspecified atom stereocenters. The molecule has 296 valence electrons. The fourth-order valence-electron chi connectivity index (χ4n) is 7.53. The van der Waals surface area contributed by atoms with Gasteiger partial charge in [0.1, 0.15) is 5.69 Å². The fourth-order valence-corrected chi connectivity index (χ4v) is 9.64. The van der Waals surface area contributed by atoms with Crippen LogP contribution in [0.5, 0.6) is 0 Å². The lowest BCUT2D eigenvalue weighted by atomic mass is 9.99. The van der Waals surface area contributed by atoms with Gasteiger partial charge in [-0.05, 0) is 110 Å². The van der Waals surface area contributed by atoms with E-state index in [9.17, 15) is 23.3 Å². The van der Waals surface area contributed by atoms with E-state index in [4.69, 9.17) is 11.6 Å². The van der Waals surface area contributed by atoms with Gasteiger partial charge < -0.3 is 15.1 Å². The van der Waals surface area contributed by atoms with Gasteiger partial charge in [-0.3, -0.25) is 19.8 Å². The van der Waals surface area contributed by atoms with Crippen LogP contribution >= 0.6 is 23.4 Å². The number of piperazine rings is 1. The zero-order valence-corrected chi connectivity index (χ0v) is 34.2. The molecule has 2 atom stereocenters. The number of carbonyl (C=O) groups is 1. The summed E-state index contributed by atoms with van der Waals surface area (Å²) < 4.78 is 29.2. The van der Waals surface area contributed by atoms with E-state index in [1.807, 2.05) is 85.7 Å². The van der Waals surface area contributed by atoms with E-state index in [-0.39, 0.29) is 33.9 Å². The van der Waals surface area contributed by atoms with Crippen LogP contribution in [0.2, 0.25) is 5.02 Å². The summed E-state index contributed by atoms with van der Waals surface area (Å²) in [5.74, 6) is -0.155. The molecule has 11 nitrogen and oxygen atoms in total. The second-order valence-corrected chi connectivity index (χ2v) is 17.9. The van der Waals surface area contributed by atoms with Crippen molar-refractivity contribution in [2.24, 2.45) is 0 Å². The van der Waals surface area contributed by atoms with Gasteiger partial charge >= 0.3 is 0 Å². The maximum absolute atomic E-state index is 13.5. The van der Waals surface area contributed by atoms with Crippen LogP contribution in [0, 0.1) is 10.1 Å². The molecule has 5 aromatic rings. The molecule has 7 rings (SSSR count). The Morgan fingerprint density at radius 3 is 2.47 bits per heavy atom. The van der Waals surface area contributed by atoms with Crippen LogP contribution in [0.25, 0.3) is 11.1 Å². The highest BCUT2D eigenvalue weighted by Gasteiger charge is 2.35. The predicted octanol–water partition coefficient (Wildman–Crippen LogP) is 7.81. The number of rotatable bonds is 15. The van der Waals surface area contributed by atoms with Crippen molar-refractivity contribution in [1.29, 1.82) is 0 Å². The molecular weight excluding hydrogens is 780 g/mol. The van der Waals surface area contributed by atoms with Crippen molar-refractivity contribution in [1.82, 2.24) is 14.5 Å². The Balaban J connectivity index is 1.01. The molecule has 0 aliphatic carbocycles. The number of anilines is 2. The van der Waals surface area contributed by atoms with Crippen molar-refractivity contribution in [2.45, 2.75) is 41.3 Å². The van der Waals surface area contributed by atoms with E-state index in [0.717, 1.165) is 66.9 Å². The highest BCUT2D eigenvalue weighted by molar-refractivity contribution is 7.99. The first-order valence-electron chi connectivity index (χ1n) is 18.8. The van der Waals surface area contributed by atoms with Crippen LogP contribution in [-0.2, 0) is 23.0 Å². The third-order valence-electron chi connectivity index (χ3n) is 10.4.